The Hall–Kier alpha value is -0.0400. The van der Waals surface area contributed by atoms with Crippen molar-refractivity contribution in [3.8, 4) is 0 Å². The van der Waals surface area contributed by atoms with Crippen LogP contribution in [0.1, 0.15) is 25.7 Å². The molecule has 6 aliphatic carbocycles. The summed E-state index contributed by atoms with van der Waals surface area (Å²) in [6.07, 6.45) is 5.31. The molecule has 122 valence electrons. The van der Waals surface area contributed by atoms with Gasteiger partial charge in [0, 0.05) is 13.1 Å². The van der Waals surface area contributed by atoms with Crippen LogP contribution in [0.3, 0.4) is 0 Å². The second-order valence-corrected chi connectivity index (χ2v) is 8.84. The maximum Gasteiger partial charge on any atom is 0.191 e. The molecule has 22 heavy (non-hydrogen) atoms. The van der Waals surface area contributed by atoms with E-state index in [2.05, 4.69) is 9.89 Å². The van der Waals surface area contributed by atoms with Crippen molar-refractivity contribution in [2.24, 2.45) is 58.1 Å². The highest BCUT2D eigenvalue weighted by Crippen LogP contribution is 2.85. The van der Waals surface area contributed by atoms with Crippen LogP contribution in [0.5, 0.6) is 0 Å². The van der Waals surface area contributed by atoms with E-state index in [0.29, 0.717) is 30.4 Å². The first-order valence-electron chi connectivity index (χ1n) is 8.86. The van der Waals surface area contributed by atoms with Gasteiger partial charge in [-0.1, -0.05) is 0 Å². The van der Waals surface area contributed by atoms with Gasteiger partial charge in [-0.2, -0.15) is 0 Å². The molecule has 0 aromatic heterocycles. The van der Waals surface area contributed by atoms with Crippen LogP contribution < -0.4 is 5.73 Å². The Morgan fingerprint density at radius 3 is 2.55 bits per heavy atom. The first-order chi connectivity index (χ1) is 10.1. The smallest absolute Gasteiger partial charge is 0.191 e. The molecule has 6 saturated carbocycles. The minimum atomic E-state index is -0.514. The maximum absolute atomic E-state index is 11.5. The summed E-state index contributed by atoms with van der Waals surface area (Å²) in [7, 11) is 2.04. The van der Waals surface area contributed by atoms with Gasteiger partial charge in [0.1, 0.15) is 0 Å². The van der Waals surface area contributed by atoms with Crippen molar-refractivity contribution < 1.29 is 5.11 Å². The van der Waals surface area contributed by atoms with Gasteiger partial charge in [-0.3, -0.25) is 4.99 Å². The van der Waals surface area contributed by atoms with E-state index in [4.69, 9.17) is 5.73 Å². The fraction of sp³-hybridized carbons (Fsp3) is 0.941. The van der Waals surface area contributed by atoms with Crippen molar-refractivity contribution >= 4 is 29.9 Å². The molecular weight excluding hydrogens is 389 g/mol. The highest BCUT2D eigenvalue weighted by atomic mass is 127. The fourth-order valence-electron chi connectivity index (χ4n) is 7.90. The normalized spacial score (nSPS) is 58.9. The van der Waals surface area contributed by atoms with Gasteiger partial charge in [-0.25, -0.2) is 0 Å². The van der Waals surface area contributed by atoms with Crippen LogP contribution in [-0.2, 0) is 0 Å². The molecular formula is C17H26IN3O. The van der Waals surface area contributed by atoms with E-state index in [0.717, 1.165) is 35.5 Å². The molecule has 0 aliphatic heterocycles. The second kappa shape index (κ2) is 4.13. The van der Waals surface area contributed by atoms with Crippen molar-refractivity contribution in [3.05, 3.63) is 0 Å². The van der Waals surface area contributed by atoms with Crippen LogP contribution in [0.15, 0.2) is 4.99 Å². The number of hydrogen-bond donors (Lipinski definition) is 2. The topological polar surface area (TPSA) is 61.8 Å². The Kier molecular flexibility index (Phi) is 2.69. The first-order valence-corrected chi connectivity index (χ1v) is 8.86. The Morgan fingerprint density at radius 1 is 1.14 bits per heavy atom. The summed E-state index contributed by atoms with van der Waals surface area (Å²) in [5, 5.41) is 11.5. The molecule has 9 unspecified atom stereocenters. The molecule has 5 heteroatoms. The number of aliphatic hydroxyl groups is 1. The molecule has 0 amide bonds. The lowest BCUT2D eigenvalue weighted by molar-refractivity contribution is -0.123. The predicted octanol–water partition coefficient (Wildman–Crippen LogP) is 1.52. The van der Waals surface area contributed by atoms with E-state index < -0.39 is 5.60 Å². The second-order valence-electron chi connectivity index (χ2n) is 8.84. The molecule has 2 bridgehead atoms. The van der Waals surface area contributed by atoms with Crippen molar-refractivity contribution in [2.75, 3.05) is 13.6 Å². The molecule has 0 aromatic rings. The molecule has 6 rings (SSSR count). The third-order valence-electron chi connectivity index (χ3n) is 8.47. The molecule has 0 aromatic carbocycles. The monoisotopic (exact) mass is 415 g/mol. The lowest BCUT2D eigenvalue weighted by atomic mass is 9.56. The summed E-state index contributed by atoms with van der Waals surface area (Å²) >= 11 is 0. The van der Waals surface area contributed by atoms with Crippen molar-refractivity contribution in [3.63, 3.8) is 0 Å². The van der Waals surface area contributed by atoms with Crippen LogP contribution in [0.25, 0.3) is 0 Å². The molecule has 0 spiro atoms. The SMILES string of the molecule is CN(C(N)=NCC1(O)C2C3CC4C5C3CC2C5C41)C1CC1.I. The molecule has 3 N–H and O–H groups in total. The molecule has 0 saturated heterocycles. The summed E-state index contributed by atoms with van der Waals surface area (Å²) < 4.78 is 0. The molecule has 9 atom stereocenters. The molecule has 4 nitrogen and oxygen atoms in total. The molecule has 6 fully saturated rings. The Balaban J connectivity index is 0.00000113. The number of halogens is 1. The average molecular weight is 415 g/mol. The van der Waals surface area contributed by atoms with Crippen LogP contribution in [0.4, 0.5) is 0 Å². The van der Waals surface area contributed by atoms with Gasteiger partial charge in [-0.05, 0) is 73.0 Å². The van der Waals surface area contributed by atoms with Gasteiger partial charge < -0.3 is 15.7 Å². The van der Waals surface area contributed by atoms with Crippen LogP contribution in [-0.4, -0.2) is 41.2 Å². The average Bonchev–Trinajstić information content (AvgIpc) is 3.09. The Labute approximate surface area is 148 Å². The summed E-state index contributed by atoms with van der Waals surface area (Å²) in [6, 6.07) is 0.598. The quantitative estimate of drug-likeness (QED) is 0.418. The minimum absolute atomic E-state index is 0. The summed E-state index contributed by atoms with van der Waals surface area (Å²) in [4.78, 5) is 6.76. The highest BCUT2D eigenvalue weighted by Gasteiger charge is 2.84. The Morgan fingerprint density at radius 2 is 1.82 bits per heavy atom. The van der Waals surface area contributed by atoms with Crippen LogP contribution in [0, 0.1) is 47.3 Å². The summed E-state index contributed by atoms with van der Waals surface area (Å²) in [6.45, 7) is 0.560. The molecule has 6 aliphatic rings. The highest BCUT2D eigenvalue weighted by molar-refractivity contribution is 14.0. The van der Waals surface area contributed by atoms with Gasteiger partial charge in [0.25, 0.3) is 0 Å². The minimum Gasteiger partial charge on any atom is -0.387 e. The zero-order valence-corrected chi connectivity index (χ0v) is 15.4. The lowest BCUT2D eigenvalue weighted by Gasteiger charge is -2.51. The number of nitrogens with zero attached hydrogens (tertiary/aromatic N) is 2. The number of fused-ring (bicyclic) bond motifs is 2. The summed E-state index contributed by atoms with van der Waals surface area (Å²) in [5.41, 5.74) is 5.63. The number of guanidine groups is 1. The van der Waals surface area contributed by atoms with E-state index in [-0.39, 0.29) is 24.0 Å². The first kappa shape index (κ1) is 14.3. The molecule has 0 heterocycles. The largest absolute Gasteiger partial charge is 0.387 e. The van der Waals surface area contributed by atoms with Crippen LogP contribution in [0.2, 0.25) is 0 Å². The third-order valence-corrected chi connectivity index (χ3v) is 8.47. The number of aliphatic imine (C=N–C) groups is 1. The van der Waals surface area contributed by atoms with Gasteiger partial charge in [0.05, 0.1) is 12.1 Å². The van der Waals surface area contributed by atoms with Crippen molar-refractivity contribution in [1.82, 2.24) is 4.90 Å². The molecule has 0 radical (unpaired) electrons. The fourth-order valence-corrected chi connectivity index (χ4v) is 7.90. The standard InChI is InChI=1S/C17H25N3O.HI/c1-20(7-2-3-7)16(18)19-6-17(21)14-9-5-10-12-8(9)4-11(14)13(12)15(10)17;/h7-15,21H,2-6H2,1H3,(H2,18,19);1H. The van der Waals surface area contributed by atoms with Gasteiger partial charge >= 0.3 is 0 Å². The third kappa shape index (κ3) is 1.35. The van der Waals surface area contributed by atoms with Crippen LogP contribution >= 0.6 is 24.0 Å². The number of rotatable bonds is 3. The van der Waals surface area contributed by atoms with Crippen molar-refractivity contribution in [1.29, 1.82) is 0 Å². The lowest BCUT2D eigenvalue weighted by Crippen LogP contribution is -2.56. The van der Waals surface area contributed by atoms with Gasteiger partial charge in [0.15, 0.2) is 5.96 Å². The van der Waals surface area contributed by atoms with Gasteiger partial charge in [-0.15, -0.1) is 24.0 Å². The van der Waals surface area contributed by atoms with E-state index >= 15 is 0 Å². The zero-order chi connectivity index (χ0) is 14.1. The predicted molar refractivity (Wildman–Crippen MR) is 94.8 cm³/mol. The van der Waals surface area contributed by atoms with E-state index in [9.17, 15) is 5.11 Å². The van der Waals surface area contributed by atoms with Crippen molar-refractivity contribution in [2.45, 2.75) is 37.3 Å². The van der Waals surface area contributed by atoms with E-state index in [1.807, 2.05) is 7.05 Å². The Bertz CT molecular complexity index is 558. The maximum atomic E-state index is 11.5. The zero-order valence-electron chi connectivity index (χ0n) is 13.1. The summed E-state index contributed by atoms with van der Waals surface area (Å²) in [5.74, 6) is 7.05. The van der Waals surface area contributed by atoms with E-state index in [1.165, 1.54) is 25.7 Å². The van der Waals surface area contributed by atoms with Gasteiger partial charge in [0.2, 0.25) is 0 Å². The number of hydrogen-bond acceptors (Lipinski definition) is 2. The van der Waals surface area contributed by atoms with E-state index in [1.54, 1.807) is 0 Å². The number of nitrogens with two attached hydrogens (primary N) is 1.